The Morgan fingerprint density at radius 1 is 0.667 bits per heavy atom. The van der Waals surface area contributed by atoms with E-state index in [0.717, 1.165) is 0 Å². The fraction of sp³-hybridized carbons (Fsp3) is 0.0476. The van der Waals surface area contributed by atoms with E-state index in [1.807, 2.05) is 0 Å². The lowest BCUT2D eigenvalue weighted by molar-refractivity contribution is 0.0893. The molecule has 0 atom stereocenters. The molecule has 0 fully saturated rings. The number of rotatable bonds is 4. The van der Waals surface area contributed by atoms with Crippen molar-refractivity contribution in [1.29, 1.82) is 0 Å². The molecule has 2 aromatic heterocycles. The van der Waals surface area contributed by atoms with Crippen LogP contribution in [0, 0.1) is 0 Å². The van der Waals surface area contributed by atoms with Gasteiger partial charge in [0.15, 0.2) is 11.6 Å². The van der Waals surface area contributed by atoms with Crippen LogP contribution in [0.25, 0.3) is 21.8 Å². The van der Waals surface area contributed by atoms with Crippen molar-refractivity contribution in [3.8, 4) is 0 Å². The molecule has 2 heterocycles. The maximum atomic E-state index is 12.5. The quantitative estimate of drug-likeness (QED) is 0.433. The number of ketones is 2. The molecule has 2 aromatic carbocycles. The van der Waals surface area contributed by atoms with Crippen LogP contribution < -0.4 is 11.1 Å². The van der Waals surface area contributed by atoms with Crippen molar-refractivity contribution in [1.82, 2.24) is 9.97 Å². The topological polar surface area (TPSA) is 99.9 Å². The van der Waals surface area contributed by atoms with Crippen LogP contribution in [0.5, 0.6) is 0 Å². The summed E-state index contributed by atoms with van der Waals surface area (Å²) in [6, 6.07) is 17.0. The molecule has 0 unspecified atom stereocenters. The third-order valence-corrected chi connectivity index (χ3v) is 4.43. The molecule has 0 radical (unpaired) electrons. The molecule has 4 rings (SSSR count). The molecule has 0 bridgehead atoms. The number of fused-ring (bicyclic) bond motifs is 2. The van der Waals surface area contributed by atoms with Gasteiger partial charge in [-0.15, -0.1) is 0 Å². The first-order valence-electron chi connectivity index (χ1n) is 8.33. The molecule has 4 aromatic rings. The Labute approximate surface area is 152 Å². The molecule has 0 aliphatic rings. The number of benzene rings is 2. The van der Waals surface area contributed by atoms with Gasteiger partial charge in [-0.2, -0.15) is 0 Å². The first-order chi connectivity index (χ1) is 13.0. The van der Waals surface area contributed by atoms with E-state index in [1.54, 1.807) is 48.5 Å². The minimum atomic E-state index is -0.625. The van der Waals surface area contributed by atoms with Gasteiger partial charge in [-0.1, -0.05) is 36.4 Å². The van der Waals surface area contributed by atoms with Crippen LogP contribution in [0.4, 0.5) is 0 Å². The van der Waals surface area contributed by atoms with E-state index in [2.05, 4.69) is 9.97 Å². The summed E-state index contributed by atoms with van der Waals surface area (Å²) in [5.74, 6) is -1.25. The number of aromatic amines is 2. The Bertz CT molecular complexity index is 1230. The molecule has 27 heavy (non-hydrogen) atoms. The highest BCUT2D eigenvalue weighted by molar-refractivity contribution is 6.14. The molecule has 0 aliphatic heterocycles. The van der Waals surface area contributed by atoms with Crippen LogP contribution in [-0.4, -0.2) is 21.5 Å². The number of nitrogens with one attached hydrogen (secondary N) is 2. The highest BCUT2D eigenvalue weighted by Crippen LogP contribution is 2.14. The lowest BCUT2D eigenvalue weighted by atomic mass is 10.0. The number of H-pyrrole nitrogens is 2. The van der Waals surface area contributed by atoms with Crippen molar-refractivity contribution in [3.05, 3.63) is 92.5 Å². The SMILES string of the molecule is O=C(CC(=O)c1cc2ccccc2[nH]c1=O)c1cc2ccccc2[nH]c1=O. The summed E-state index contributed by atoms with van der Waals surface area (Å²) in [6.45, 7) is 0. The van der Waals surface area contributed by atoms with Gasteiger partial charge < -0.3 is 9.97 Å². The summed E-state index contributed by atoms with van der Waals surface area (Å²) in [6.07, 6.45) is -0.553. The average molecular weight is 358 g/mol. The third-order valence-electron chi connectivity index (χ3n) is 4.43. The number of para-hydroxylation sites is 2. The number of aromatic nitrogens is 2. The zero-order valence-corrected chi connectivity index (χ0v) is 14.1. The third kappa shape index (κ3) is 3.08. The summed E-state index contributed by atoms with van der Waals surface area (Å²) in [7, 11) is 0. The predicted octanol–water partition coefficient (Wildman–Crippen LogP) is 2.83. The zero-order chi connectivity index (χ0) is 19.0. The van der Waals surface area contributed by atoms with Gasteiger partial charge >= 0.3 is 0 Å². The molecule has 0 aliphatic carbocycles. The number of carbonyl (C=O) groups excluding carboxylic acids is 2. The first-order valence-corrected chi connectivity index (χ1v) is 8.33. The van der Waals surface area contributed by atoms with Crippen molar-refractivity contribution in [3.63, 3.8) is 0 Å². The van der Waals surface area contributed by atoms with E-state index in [9.17, 15) is 19.2 Å². The minimum Gasteiger partial charge on any atom is -0.321 e. The molecule has 0 spiro atoms. The summed E-state index contributed by atoms with van der Waals surface area (Å²) in [4.78, 5) is 54.7. The lowest BCUT2D eigenvalue weighted by Gasteiger charge is -2.04. The first kappa shape index (κ1) is 16.7. The highest BCUT2D eigenvalue weighted by Gasteiger charge is 2.19. The minimum absolute atomic E-state index is 0.0979. The Kier molecular flexibility index (Phi) is 4.01. The Balaban J connectivity index is 1.68. The second-order valence-electron chi connectivity index (χ2n) is 6.22. The molecule has 6 nitrogen and oxygen atoms in total. The lowest BCUT2D eigenvalue weighted by Crippen LogP contribution is -2.23. The van der Waals surface area contributed by atoms with Crippen LogP contribution >= 0.6 is 0 Å². The Hall–Kier alpha value is -3.80. The number of carbonyl (C=O) groups is 2. The van der Waals surface area contributed by atoms with Gasteiger partial charge in [-0.05, 0) is 35.0 Å². The molecular weight excluding hydrogens is 344 g/mol. The van der Waals surface area contributed by atoms with E-state index in [4.69, 9.17) is 0 Å². The van der Waals surface area contributed by atoms with Crippen LogP contribution in [0.2, 0.25) is 0 Å². The molecule has 0 saturated carbocycles. The number of Topliss-reactive ketones (excluding diaryl/α,β-unsaturated/α-hetero) is 2. The van der Waals surface area contributed by atoms with Crippen molar-refractivity contribution < 1.29 is 9.59 Å². The number of pyridine rings is 2. The molecule has 0 saturated heterocycles. The summed E-state index contributed by atoms with van der Waals surface area (Å²) in [5.41, 5.74) is -0.0934. The summed E-state index contributed by atoms with van der Waals surface area (Å²) < 4.78 is 0. The molecule has 0 amide bonds. The van der Waals surface area contributed by atoms with Gasteiger partial charge in [0.2, 0.25) is 0 Å². The average Bonchev–Trinajstić information content (AvgIpc) is 2.66. The standard InChI is InChI=1S/C21H14N2O4/c24-18(14-9-12-5-1-3-7-16(12)22-20(14)26)11-19(25)15-10-13-6-2-4-8-17(13)23-21(15)27/h1-10H,11H2,(H,22,26)(H,23,27). The number of hydrogen-bond acceptors (Lipinski definition) is 4. The van der Waals surface area contributed by atoms with Crippen molar-refractivity contribution in [2.75, 3.05) is 0 Å². The maximum Gasteiger partial charge on any atom is 0.259 e. The van der Waals surface area contributed by atoms with E-state index in [0.29, 0.717) is 21.8 Å². The predicted molar refractivity (Wildman–Crippen MR) is 102 cm³/mol. The monoisotopic (exact) mass is 358 g/mol. The van der Waals surface area contributed by atoms with Gasteiger partial charge in [-0.25, -0.2) is 0 Å². The van der Waals surface area contributed by atoms with Crippen LogP contribution in [-0.2, 0) is 0 Å². The maximum absolute atomic E-state index is 12.5. The van der Waals surface area contributed by atoms with Crippen LogP contribution in [0.15, 0.2) is 70.3 Å². The Morgan fingerprint density at radius 2 is 1.07 bits per heavy atom. The summed E-state index contributed by atoms with van der Waals surface area (Å²) >= 11 is 0. The number of hydrogen-bond donors (Lipinski definition) is 2. The van der Waals surface area contributed by atoms with Crippen molar-refractivity contribution in [2.45, 2.75) is 6.42 Å². The van der Waals surface area contributed by atoms with E-state index >= 15 is 0 Å². The molecule has 2 N–H and O–H groups in total. The second-order valence-corrected chi connectivity index (χ2v) is 6.22. The zero-order valence-electron chi connectivity index (χ0n) is 14.1. The summed E-state index contributed by atoms with van der Waals surface area (Å²) in [5, 5.41) is 1.38. The van der Waals surface area contributed by atoms with Gasteiger partial charge in [0, 0.05) is 11.0 Å². The highest BCUT2D eigenvalue weighted by atomic mass is 16.2. The van der Waals surface area contributed by atoms with E-state index in [1.165, 1.54) is 12.1 Å². The van der Waals surface area contributed by atoms with Crippen molar-refractivity contribution in [2.24, 2.45) is 0 Å². The van der Waals surface area contributed by atoms with Crippen LogP contribution in [0.3, 0.4) is 0 Å². The van der Waals surface area contributed by atoms with E-state index < -0.39 is 29.1 Å². The molecular formula is C21H14N2O4. The van der Waals surface area contributed by atoms with Crippen molar-refractivity contribution >= 4 is 33.4 Å². The van der Waals surface area contributed by atoms with Gasteiger partial charge in [0.25, 0.3) is 11.1 Å². The smallest absolute Gasteiger partial charge is 0.259 e. The van der Waals surface area contributed by atoms with Gasteiger partial charge in [0.05, 0.1) is 17.5 Å². The van der Waals surface area contributed by atoms with Gasteiger partial charge in [-0.3, -0.25) is 19.2 Å². The second kappa shape index (κ2) is 6.49. The fourth-order valence-electron chi connectivity index (χ4n) is 3.05. The van der Waals surface area contributed by atoms with Gasteiger partial charge in [0.1, 0.15) is 0 Å². The van der Waals surface area contributed by atoms with E-state index in [-0.39, 0.29) is 11.1 Å². The normalized spacial score (nSPS) is 11.0. The molecule has 132 valence electrons. The van der Waals surface area contributed by atoms with Crippen LogP contribution in [0.1, 0.15) is 27.1 Å². The fourth-order valence-corrected chi connectivity index (χ4v) is 3.05. The largest absolute Gasteiger partial charge is 0.321 e. The molecule has 6 heteroatoms. The Morgan fingerprint density at radius 3 is 1.52 bits per heavy atom.